The van der Waals surface area contributed by atoms with E-state index in [9.17, 15) is 13.2 Å². The zero-order chi connectivity index (χ0) is 20.1. The fourth-order valence-electron chi connectivity index (χ4n) is 3.23. The first-order chi connectivity index (χ1) is 13.4. The van der Waals surface area contributed by atoms with E-state index >= 15 is 0 Å². The minimum absolute atomic E-state index is 0.0333. The Kier molecular flexibility index (Phi) is 6.74. The van der Waals surface area contributed by atoms with Crippen LogP contribution in [0.4, 0.5) is 0 Å². The first-order valence-corrected chi connectivity index (χ1v) is 11.7. The zero-order valence-corrected chi connectivity index (χ0v) is 17.8. The topological polar surface area (TPSA) is 75.7 Å². The highest BCUT2D eigenvalue weighted by atomic mass is 32.2. The van der Waals surface area contributed by atoms with E-state index in [1.165, 1.54) is 15.6 Å². The van der Waals surface area contributed by atoms with E-state index in [0.717, 1.165) is 11.3 Å². The number of nitrogens with zero attached hydrogens (tertiary/aromatic N) is 1. The van der Waals surface area contributed by atoms with Crippen LogP contribution in [0.5, 0.6) is 5.75 Å². The van der Waals surface area contributed by atoms with Gasteiger partial charge in [0.15, 0.2) is 0 Å². The predicted octanol–water partition coefficient (Wildman–Crippen LogP) is 3.04. The number of nitrogens with one attached hydrogen (secondary N) is 1. The molecule has 0 spiro atoms. The summed E-state index contributed by atoms with van der Waals surface area (Å²) in [5, 5.41) is 4.75. The van der Waals surface area contributed by atoms with Gasteiger partial charge in [-0.2, -0.15) is 4.31 Å². The highest BCUT2D eigenvalue weighted by Crippen LogP contribution is 2.26. The summed E-state index contributed by atoms with van der Waals surface area (Å²) < 4.78 is 32.8. The number of carbonyl (C=O) groups excluding carboxylic acids is 1. The first kappa shape index (κ1) is 20.8. The van der Waals surface area contributed by atoms with E-state index in [2.05, 4.69) is 5.32 Å². The second kappa shape index (κ2) is 9.07. The van der Waals surface area contributed by atoms with Crippen molar-refractivity contribution in [3.8, 4) is 5.75 Å². The maximum atomic E-state index is 12.6. The van der Waals surface area contributed by atoms with Gasteiger partial charge in [0.05, 0.1) is 6.04 Å². The van der Waals surface area contributed by atoms with Crippen LogP contribution in [0.3, 0.4) is 0 Å². The average Bonchev–Trinajstić information content (AvgIpc) is 3.23. The van der Waals surface area contributed by atoms with Crippen LogP contribution in [-0.2, 0) is 14.8 Å². The summed E-state index contributed by atoms with van der Waals surface area (Å²) in [6, 6.07) is 11.0. The molecule has 1 saturated heterocycles. The van der Waals surface area contributed by atoms with Crippen molar-refractivity contribution in [2.24, 2.45) is 5.92 Å². The third-order valence-electron chi connectivity index (χ3n) is 4.89. The number of para-hydroxylation sites is 1. The molecule has 1 N–H and O–H groups in total. The van der Waals surface area contributed by atoms with Crippen LogP contribution in [0, 0.1) is 12.8 Å². The van der Waals surface area contributed by atoms with E-state index in [4.69, 9.17) is 4.74 Å². The van der Waals surface area contributed by atoms with Crippen molar-refractivity contribution in [2.45, 2.75) is 36.9 Å². The molecule has 0 saturated carbocycles. The van der Waals surface area contributed by atoms with Gasteiger partial charge < -0.3 is 10.1 Å². The van der Waals surface area contributed by atoms with E-state index < -0.39 is 10.0 Å². The Morgan fingerprint density at radius 1 is 1.25 bits per heavy atom. The number of amides is 1. The summed E-state index contributed by atoms with van der Waals surface area (Å²) in [7, 11) is -3.43. The molecule has 1 fully saturated rings. The summed E-state index contributed by atoms with van der Waals surface area (Å²) in [6.07, 6.45) is 1.06. The van der Waals surface area contributed by atoms with Crippen LogP contribution in [0.2, 0.25) is 0 Å². The van der Waals surface area contributed by atoms with E-state index in [0.29, 0.717) is 36.7 Å². The number of aryl methyl sites for hydroxylation is 1. The molecule has 2 aromatic rings. The molecule has 0 unspecified atom stereocenters. The zero-order valence-electron chi connectivity index (χ0n) is 16.1. The Hall–Kier alpha value is -1.90. The highest BCUT2D eigenvalue weighted by Gasteiger charge is 2.32. The van der Waals surface area contributed by atoms with Gasteiger partial charge in [-0.1, -0.05) is 24.3 Å². The molecule has 0 aliphatic carbocycles. The molecule has 8 heteroatoms. The molecule has 152 valence electrons. The van der Waals surface area contributed by atoms with Crippen LogP contribution < -0.4 is 10.1 Å². The van der Waals surface area contributed by atoms with Gasteiger partial charge in [0.25, 0.3) is 10.0 Å². The van der Waals surface area contributed by atoms with Crippen LogP contribution in [0.1, 0.15) is 25.3 Å². The molecule has 1 atom stereocenters. The Morgan fingerprint density at radius 2 is 1.96 bits per heavy atom. The fraction of sp³-hybridized carbons (Fsp3) is 0.450. The van der Waals surface area contributed by atoms with E-state index in [1.54, 1.807) is 17.5 Å². The second-order valence-electron chi connectivity index (χ2n) is 7.10. The van der Waals surface area contributed by atoms with Crippen molar-refractivity contribution in [1.29, 1.82) is 0 Å². The van der Waals surface area contributed by atoms with Gasteiger partial charge in [0, 0.05) is 19.0 Å². The lowest BCUT2D eigenvalue weighted by atomic mass is 9.97. The monoisotopic (exact) mass is 422 g/mol. The minimum Gasteiger partial charge on any atom is -0.491 e. The van der Waals surface area contributed by atoms with Crippen LogP contribution >= 0.6 is 11.3 Å². The highest BCUT2D eigenvalue weighted by molar-refractivity contribution is 7.91. The molecule has 0 radical (unpaired) electrons. The Bertz CT molecular complexity index is 889. The summed E-state index contributed by atoms with van der Waals surface area (Å²) >= 11 is 1.22. The number of rotatable bonds is 7. The van der Waals surface area contributed by atoms with Crippen LogP contribution in [0.25, 0.3) is 0 Å². The van der Waals surface area contributed by atoms with E-state index in [-0.39, 0.29) is 17.9 Å². The number of thiophene rings is 1. The molecule has 1 aromatic carbocycles. The van der Waals surface area contributed by atoms with Gasteiger partial charge in [-0.15, -0.1) is 11.3 Å². The predicted molar refractivity (Wildman–Crippen MR) is 110 cm³/mol. The lowest BCUT2D eigenvalue weighted by molar-refractivity contribution is -0.126. The largest absolute Gasteiger partial charge is 0.491 e. The maximum Gasteiger partial charge on any atom is 0.252 e. The summed E-state index contributed by atoms with van der Waals surface area (Å²) in [5.74, 6) is 0.612. The van der Waals surface area contributed by atoms with Gasteiger partial charge >= 0.3 is 0 Å². The van der Waals surface area contributed by atoms with Crippen molar-refractivity contribution in [3.05, 3.63) is 47.3 Å². The number of benzene rings is 1. The van der Waals surface area contributed by atoms with Crippen molar-refractivity contribution >= 4 is 27.3 Å². The van der Waals surface area contributed by atoms with Gasteiger partial charge in [0.2, 0.25) is 5.91 Å². The average molecular weight is 423 g/mol. The molecule has 28 heavy (non-hydrogen) atoms. The Balaban J connectivity index is 1.46. The van der Waals surface area contributed by atoms with Gasteiger partial charge in [-0.25, -0.2) is 8.42 Å². The van der Waals surface area contributed by atoms with Gasteiger partial charge in [-0.05, 0) is 49.8 Å². The number of carbonyl (C=O) groups is 1. The smallest absolute Gasteiger partial charge is 0.252 e. The summed E-state index contributed by atoms with van der Waals surface area (Å²) in [5.41, 5.74) is 1.06. The molecule has 1 aliphatic heterocycles. The molecular formula is C20H26N2O4S2. The molecule has 2 heterocycles. The third kappa shape index (κ3) is 4.92. The number of hydrogen-bond donors (Lipinski definition) is 1. The third-order valence-corrected chi connectivity index (χ3v) is 8.16. The van der Waals surface area contributed by atoms with Crippen LogP contribution in [-0.4, -0.2) is 44.4 Å². The first-order valence-electron chi connectivity index (χ1n) is 9.40. The van der Waals surface area contributed by atoms with Crippen molar-refractivity contribution in [3.63, 3.8) is 0 Å². The maximum absolute atomic E-state index is 12.6. The minimum atomic E-state index is -3.43. The second-order valence-corrected chi connectivity index (χ2v) is 10.2. The quantitative estimate of drug-likeness (QED) is 0.744. The van der Waals surface area contributed by atoms with Crippen molar-refractivity contribution in [2.75, 3.05) is 19.7 Å². The standard InChI is InChI=1S/C20H26N2O4S2/c1-15-6-3-4-7-18(15)26-14-16(2)21-20(23)17-9-11-22(12-10-17)28(24,25)19-8-5-13-27-19/h3-8,13,16-17H,9-12,14H2,1-2H3,(H,21,23)/t16-/m0/s1. The fourth-order valence-corrected chi connectivity index (χ4v) is 5.85. The van der Waals surface area contributed by atoms with Crippen molar-refractivity contribution in [1.82, 2.24) is 9.62 Å². The molecule has 3 rings (SSSR count). The SMILES string of the molecule is Cc1ccccc1OC[C@H](C)NC(=O)C1CCN(S(=O)(=O)c2cccs2)CC1. The lowest BCUT2D eigenvalue weighted by Crippen LogP contribution is -2.45. The normalized spacial score (nSPS) is 17.2. The number of hydrogen-bond acceptors (Lipinski definition) is 5. The van der Waals surface area contributed by atoms with Gasteiger partial charge in [0.1, 0.15) is 16.6 Å². The van der Waals surface area contributed by atoms with Crippen LogP contribution in [0.15, 0.2) is 46.0 Å². The lowest BCUT2D eigenvalue weighted by Gasteiger charge is -2.30. The van der Waals surface area contributed by atoms with E-state index in [1.807, 2.05) is 38.1 Å². The number of piperidine rings is 1. The molecular weight excluding hydrogens is 396 g/mol. The van der Waals surface area contributed by atoms with Crippen molar-refractivity contribution < 1.29 is 17.9 Å². The Morgan fingerprint density at radius 3 is 2.61 bits per heavy atom. The number of sulfonamides is 1. The molecule has 1 aromatic heterocycles. The number of ether oxygens (including phenoxy) is 1. The molecule has 1 amide bonds. The molecule has 0 bridgehead atoms. The van der Waals surface area contributed by atoms with Gasteiger partial charge in [-0.3, -0.25) is 4.79 Å². The molecule has 1 aliphatic rings. The molecule has 6 nitrogen and oxygen atoms in total. The Labute approximate surface area is 170 Å². The summed E-state index contributed by atoms with van der Waals surface area (Å²) in [4.78, 5) is 12.5. The summed E-state index contributed by atoms with van der Waals surface area (Å²) in [6.45, 7) is 5.02.